The van der Waals surface area contributed by atoms with Gasteiger partial charge in [0.05, 0.1) is 17.7 Å². The lowest BCUT2D eigenvalue weighted by Gasteiger charge is -2.14. The molecule has 2 N–H and O–H groups in total. The van der Waals surface area contributed by atoms with E-state index < -0.39 is 5.54 Å². The molecular weight excluding hydrogens is 251 g/mol. The summed E-state index contributed by atoms with van der Waals surface area (Å²) in [7, 11) is 0. The second-order valence-electron chi connectivity index (χ2n) is 3.86. The number of aromatic nitrogens is 1. The molecule has 0 aromatic carbocycles. The van der Waals surface area contributed by atoms with Crippen LogP contribution in [0.5, 0.6) is 0 Å². The normalized spacial score (nSPS) is 16.9. The number of nitrogens with zero attached hydrogens (tertiary/aromatic N) is 1. The Morgan fingerprint density at radius 3 is 2.69 bits per heavy atom. The van der Waals surface area contributed by atoms with Gasteiger partial charge in [0.25, 0.3) is 5.91 Å². The lowest BCUT2D eigenvalue weighted by Crippen LogP contribution is -2.39. The van der Waals surface area contributed by atoms with Crippen molar-refractivity contribution in [1.82, 2.24) is 10.3 Å². The van der Waals surface area contributed by atoms with E-state index in [1.165, 1.54) is 12.1 Å². The van der Waals surface area contributed by atoms with Gasteiger partial charge in [-0.25, -0.2) is 4.98 Å². The Kier molecular flexibility index (Phi) is 3.06. The molecule has 1 amide bonds. The molecule has 86 valence electrons. The van der Waals surface area contributed by atoms with E-state index in [1.807, 2.05) is 0 Å². The summed E-state index contributed by atoms with van der Waals surface area (Å²) in [5.41, 5.74) is -0.189. The molecule has 16 heavy (non-hydrogen) atoms. The van der Waals surface area contributed by atoms with Gasteiger partial charge in [0.2, 0.25) is 0 Å². The monoisotopic (exact) mass is 260 g/mol. The van der Waals surface area contributed by atoms with Crippen molar-refractivity contribution >= 4 is 29.1 Å². The molecule has 4 nitrogen and oxygen atoms in total. The van der Waals surface area contributed by atoms with Crippen molar-refractivity contribution in [3.05, 3.63) is 28.0 Å². The number of aliphatic hydroxyl groups excluding tert-OH is 1. The summed E-state index contributed by atoms with van der Waals surface area (Å²) in [4.78, 5) is 15.6. The molecule has 1 aliphatic carbocycles. The Hall–Kier alpha value is -0.840. The minimum atomic E-state index is -0.458. The molecule has 0 unspecified atom stereocenters. The summed E-state index contributed by atoms with van der Waals surface area (Å²) < 4.78 is 0. The van der Waals surface area contributed by atoms with E-state index in [9.17, 15) is 4.79 Å². The third-order valence-electron chi connectivity index (χ3n) is 2.59. The van der Waals surface area contributed by atoms with E-state index in [2.05, 4.69) is 10.3 Å². The standard InChI is InChI=1S/C10H10Cl2N2O2/c11-7-2-1-6(8(12)13-7)9(16)14-10(5-15)3-4-10/h1-2,15H,3-5H2,(H,14,16). The molecule has 6 heteroatoms. The average Bonchev–Trinajstić information content (AvgIpc) is 2.98. The molecule has 0 saturated heterocycles. The van der Waals surface area contributed by atoms with Crippen molar-refractivity contribution in [2.75, 3.05) is 6.61 Å². The number of pyridine rings is 1. The lowest BCUT2D eigenvalue weighted by atomic mass is 10.2. The van der Waals surface area contributed by atoms with Crippen molar-refractivity contribution < 1.29 is 9.90 Å². The van der Waals surface area contributed by atoms with Gasteiger partial charge in [0.1, 0.15) is 10.3 Å². The van der Waals surface area contributed by atoms with Crippen LogP contribution >= 0.6 is 23.2 Å². The van der Waals surface area contributed by atoms with Crippen LogP contribution in [0.1, 0.15) is 23.2 Å². The average molecular weight is 261 g/mol. The summed E-state index contributed by atoms with van der Waals surface area (Å²) in [6.45, 7) is -0.0582. The second kappa shape index (κ2) is 4.20. The third kappa shape index (κ3) is 2.29. The zero-order valence-electron chi connectivity index (χ0n) is 8.33. The van der Waals surface area contributed by atoms with Crippen LogP contribution < -0.4 is 5.32 Å². The number of rotatable bonds is 3. The van der Waals surface area contributed by atoms with Crippen LogP contribution in [0.4, 0.5) is 0 Å². The molecule has 0 radical (unpaired) electrons. The first kappa shape index (κ1) is 11.6. The first-order chi connectivity index (χ1) is 7.56. The number of halogens is 2. The number of amides is 1. The van der Waals surface area contributed by atoms with Crippen molar-refractivity contribution in [3.8, 4) is 0 Å². The Morgan fingerprint density at radius 2 is 2.19 bits per heavy atom. The van der Waals surface area contributed by atoms with Crippen molar-refractivity contribution in [3.63, 3.8) is 0 Å². The highest BCUT2D eigenvalue weighted by atomic mass is 35.5. The van der Waals surface area contributed by atoms with Crippen LogP contribution in [-0.2, 0) is 0 Å². The molecule has 0 bridgehead atoms. The maximum atomic E-state index is 11.8. The molecule has 1 fully saturated rings. The number of hydrogen-bond acceptors (Lipinski definition) is 3. The molecule has 1 aromatic rings. The van der Waals surface area contributed by atoms with E-state index in [1.54, 1.807) is 0 Å². The molecule has 0 aliphatic heterocycles. The number of hydrogen-bond donors (Lipinski definition) is 2. The zero-order valence-corrected chi connectivity index (χ0v) is 9.85. The SMILES string of the molecule is O=C(NC1(CO)CC1)c1ccc(Cl)nc1Cl. The van der Waals surface area contributed by atoms with Gasteiger partial charge in [-0.1, -0.05) is 23.2 Å². The third-order valence-corrected chi connectivity index (χ3v) is 3.09. The predicted molar refractivity (Wildman–Crippen MR) is 60.8 cm³/mol. The second-order valence-corrected chi connectivity index (χ2v) is 4.61. The van der Waals surface area contributed by atoms with Gasteiger partial charge in [0, 0.05) is 0 Å². The molecule has 0 spiro atoms. The van der Waals surface area contributed by atoms with Crippen LogP contribution in [-0.4, -0.2) is 28.1 Å². The van der Waals surface area contributed by atoms with Crippen LogP contribution in [0.15, 0.2) is 12.1 Å². The summed E-state index contributed by atoms with van der Waals surface area (Å²) in [5, 5.41) is 12.1. The van der Waals surface area contributed by atoms with Crippen LogP contribution in [0.2, 0.25) is 10.3 Å². The fourth-order valence-corrected chi connectivity index (χ4v) is 1.79. The Labute approximate surface area is 103 Å². The predicted octanol–water partition coefficient (Wildman–Crippen LogP) is 1.64. The maximum Gasteiger partial charge on any atom is 0.254 e. The van der Waals surface area contributed by atoms with Crippen molar-refractivity contribution in [2.24, 2.45) is 0 Å². The number of aliphatic hydroxyl groups is 1. The van der Waals surface area contributed by atoms with Gasteiger partial charge < -0.3 is 10.4 Å². The molecule has 1 aromatic heterocycles. The first-order valence-corrected chi connectivity index (χ1v) is 5.57. The number of carbonyl (C=O) groups is 1. The van der Waals surface area contributed by atoms with Gasteiger partial charge >= 0.3 is 0 Å². The van der Waals surface area contributed by atoms with Crippen LogP contribution in [0.3, 0.4) is 0 Å². The summed E-state index contributed by atoms with van der Waals surface area (Å²) in [6.07, 6.45) is 1.57. The van der Waals surface area contributed by atoms with E-state index >= 15 is 0 Å². The van der Waals surface area contributed by atoms with Gasteiger partial charge in [-0.2, -0.15) is 0 Å². The molecule has 1 heterocycles. The summed E-state index contributed by atoms with van der Waals surface area (Å²) in [5.74, 6) is -0.333. The first-order valence-electron chi connectivity index (χ1n) is 4.82. The molecular formula is C10H10Cl2N2O2. The highest BCUT2D eigenvalue weighted by Crippen LogP contribution is 2.35. The van der Waals surface area contributed by atoms with Gasteiger partial charge in [-0.3, -0.25) is 4.79 Å². The molecule has 0 atom stereocenters. The van der Waals surface area contributed by atoms with Gasteiger partial charge in [-0.05, 0) is 25.0 Å². The lowest BCUT2D eigenvalue weighted by molar-refractivity contribution is 0.0906. The fourth-order valence-electron chi connectivity index (χ4n) is 1.36. The minimum absolute atomic E-state index is 0.0582. The quantitative estimate of drug-likeness (QED) is 0.813. The van der Waals surface area contributed by atoms with E-state index in [-0.39, 0.29) is 28.4 Å². The van der Waals surface area contributed by atoms with E-state index in [0.717, 1.165) is 12.8 Å². The summed E-state index contributed by atoms with van der Waals surface area (Å²) in [6, 6.07) is 3.02. The fraction of sp³-hybridized carbons (Fsp3) is 0.400. The van der Waals surface area contributed by atoms with Crippen LogP contribution in [0.25, 0.3) is 0 Å². The Bertz CT molecular complexity index is 433. The number of carbonyl (C=O) groups excluding carboxylic acids is 1. The van der Waals surface area contributed by atoms with Crippen molar-refractivity contribution in [1.29, 1.82) is 0 Å². The van der Waals surface area contributed by atoms with Crippen LogP contribution in [0, 0.1) is 0 Å². The molecule has 1 saturated carbocycles. The topological polar surface area (TPSA) is 62.2 Å². The zero-order chi connectivity index (χ0) is 11.8. The van der Waals surface area contributed by atoms with Crippen molar-refractivity contribution in [2.45, 2.75) is 18.4 Å². The highest BCUT2D eigenvalue weighted by molar-refractivity contribution is 6.34. The van der Waals surface area contributed by atoms with Gasteiger partial charge in [-0.15, -0.1) is 0 Å². The van der Waals surface area contributed by atoms with E-state index in [4.69, 9.17) is 28.3 Å². The molecule has 1 aliphatic rings. The van der Waals surface area contributed by atoms with Gasteiger partial charge in [0.15, 0.2) is 0 Å². The Balaban J connectivity index is 2.15. The molecule has 2 rings (SSSR count). The highest BCUT2D eigenvalue weighted by Gasteiger charge is 2.43. The number of nitrogens with one attached hydrogen (secondary N) is 1. The summed E-state index contributed by atoms with van der Waals surface area (Å²) >= 11 is 11.4. The largest absolute Gasteiger partial charge is 0.394 e. The maximum absolute atomic E-state index is 11.8. The minimum Gasteiger partial charge on any atom is -0.394 e. The Morgan fingerprint density at radius 1 is 1.50 bits per heavy atom. The van der Waals surface area contributed by atoms with E-state index in [0.29, 0.717) is 0 Å². The smallest absolute Gasteiger partial charge is 0.254 e.